The highest BCUT2D eigenvalue weighted by atomic mass is 32.2. The maximum atomic E-state index is 13.7. The summed E-state index contributed by atoms with van der Waals surface area (Å²) in [5.74, 6) is -0.782. The third-order valence-electron chi connectivity index (χ3n) is 4.75. The van der Waals surface area contributed by atoms with E-state index in [0.717, 1.165) is 6.07 Å². The molecule has 0 aliphatic carbocycles. The van der Waals surface area contributed by atoms with E-state index in [1.54, 1.807) is 18.7 Å². The first-order chi connectivity index (χ1) is 15.0. The fourth-order valence-electron chi connectivity index (χ4n) is 3.25. The SMILES string of the molecule is CC(C)NS(=O)(=O)c1ccc(C(=O)Nc2ccc(N3CCOCC3)cc2C(F)(F)F)cc1. The average Bonchev–Trinajstić information content (AvgIpc) is 2.73. The molecule has 0 bridgehead atoms. The van der Waals surface area contributed by atoms with Gasteiger partial charge in [-0.05, 0) is 56.3 Å². The second kappa shape index (κ2) is 9.47. The number of hydrogen-bond donors (Lipinski definition) is 2. The van der Waals surface area contributed by atoms with Gasteiger partial charge in [-0.15, -0.1) is 0 Å². The van der Waals surface area contributed by atoms with Crippen LogP contribution in [0.25, 0.3) is 0 Å². The number of morpholine rings is 1. The number of amides is 1. The standard InChI is InChI=1S/C21H24F3N3O4S/c1-14(2)26-32(29,30)17-6-3-15(4-7-17)20(28)25-19-8-5-16(13-18(19)21(22,23)24)27-9-11-31-12-10-27/h3-8,13-14,26H,9-12H2,1-2H3,(H,25,28). The number of hydrogen-bond acceptors (Lipinski definition) is 5. The molecule has 0 atom stereocenters. The number of carbonyl (C=O) groups is 1. The first-order valence-corrected chi connectivity index (χ1v) is 11.4. The van der Waals surface area contributed by atoms with Crippen molar-refractivity contribution >= 4 is 27.3 Å². The van der Waals surface area contributed by atoms with Gasteiger partial charge in [0.25, 0.3) is 5.91 Å². The van der Waals surface area contributed by atoms with Crippen molar-refractivity contribution in [2.24, 2.45) is 0 Å². The van der Waals surface area contributed by atoms with E-state index < -0.39 is 27.7 Å². The highest BCUT2D eigenvalue weighted by molar-refractivity contribution is 7.89. The maximum Gasteiger partial charge on any atom is 0.418 e. The van der Waals surface area contributed by atoms with Gasteiger partial charge in [0.05, 0.1) is 29.4 Å². The Balaban J connectivity index is 1.82. The molecule has 0 spiro atoms. The van der Waals surface area contributed by atoms with Gasteiger partial charge in [0.2, 0.25) is 10.0 Å². The smallest absolute Gasteiger partial charge is 0.378 e. The number of ether oxygens (including phenoxy) is 1. The lowest BCUT2D eigenvalue weighted by molar-refractivity contribution is -0.136. The zero-order valence-corrected chi connectivity index (χ0v) is 18.4. The van der Waals surface area contributed by atoms with Crippen LogP contribution >= 0.6 is 0 Å². The number of nitrogens with one attached hydrogen (secondary N) is 2. The summed E-state index contributed by atoms with van der Waals surface area (Å²) in [6.07, 6.45) is -4.68. The van der Waals surface area contributed by atoms with E-state index in [1.165, 1.54) is 36.4 Å². The summed E-state index contributed by atoms with van der Waals surface area (Å²) in [6, 6.07) is 8.38. The van der Waals surface area contributed by atoms with E-state index in [2.05, 4.69) is 10.0 Å². The second-order valence-electron chi connectivity index (χ2n) is 7.58. The Labute approximate surface area is 184 Å². The Morgan fingerprint density at radius 2 is 1.69 bits per heavy atom. The second-order valence-corrected chi connectivity index (χ2v) is 9.30. The zero-order valence-electron chi connectivity index (χ0n) is 17.6. The molecule has 1 heterocycles. The number of anilines is 2. The first kappa shape index (κ1) is 24.0. The molecule has 1 amide bonds. The molecular formula is C21H24F3N3O4S. The van der Waals surface area contributed by atoms with Crippen LogP contribution in [0.5, 0.6) is 0 Å². The molecule has 174 valence electrons. The van der Waals surface area contributed by atoms with Crippen LogP contribution < -0.4 is 14.9 Å². The fraction of sp³-hybridized carbons (Fsp3) is 0.381. The lowest BCUT2D eigenvalue weighted by Crippen LogP contribution is -2.36. The molecule has 0 radical (unpaired) electrons. The number of rotatable bonds is 6. The third-order valence-corrected chi connectivity index (χ3v) is 6.43. The van der Waals surface area contributed by atoms with Crippen LogP contribution in [0.15, 0.2) is 47.4 Å². The van der Waals surface area contributed by atoms with Crippen molar-refractivity contribution in [1.29, 1.82) is 0 Å². The molecule has 2 aromatic rings. The van der Waals surface area contributed by atoms with Gasteiger partial charge in [-0.3, -0.25) is 4.79 Å². The molecule has 3 rings (SSSR count). The van der Waals surface area contributed by atoms with E-state index in [-0.39, 0.29) is 22.2 Å². The summed E-state index contributed by atoms with van der Waals surface area (Å²) in [4.78, 5) is 14.3. The molecule has 11 heteroatoms. The summed E-state index contributed by atoms with van der Waals surface area (Å²) in [7, 11) is -3.75. The fourth-order valence-corrected chi connectivity index (χ4v) is 4.50. The van der Waals surface area contributed by atoms with E-state index in [0.29, 0.717) is 32.0 Å². The van der Waals surface area contributed by atoms with E-state index >= 15 is 0 Å². The summed E-state index contributed by atoms with van der Waals surface area (Å²) in [6.45, 7) is 5.15. The number of carbonyl (C=O) groups excluding carboxylic acids is 1. The zero-order chi connectivity index (χ0) is 23.5. The van der Waals surface area contributed by atoms with E-state index in [1.807, 2.05) is 0 Å². The van der Waals surface area contributed by atoms with Crippen LogP contribution in [0, 0.1) is 0 Å². The Morgan fingerprint density at radius 3 is 2.25 bits per heavy atom. The largest absolute Gasteiger partial charge is 0.418 e. The Kier molecular flexibility index (Phi) is 7.11. The molecular weight excluding hydrogens is 447 g/mol. The number of benzene rings is 2. The van der Waals surface area contributed by atoms with E-state index in [9.17, 15) is 26.4 Å². The summed E-state index contributed by atoms with van der Waals surface area (Å²) in [5.41, 5.74) is -0.919. The predicted octanol–water partition coefficient (Wildman–Crippen LogP) is 3.48. The Hall–Kier alpha value is -2.63. The van der Waals surface area contributed by atoms with Gasteiger partial charge in [0, 0.05) is 30.4 Å². The number of nitrogens with zero attached hydrogens (tertiary/aromatic N) is 1. The minimum Gasteiger partial charge on any atom is -0.378 e. The third kappa shape index (κ3) is 5.78. The predicted molar refractivity (Wildman–Crippen MR) is 114 cm³/mol. The molecule has 32 heavy (non-hydrogen) atoms. The van der Waals surface area contributed by atoms with Gasteiger partial charge < -0.3 is 15.0 Å². The van der Waals surface area contributed by atoms with Crippen LogP contribution in [0.4, 0.5) is 24.5 Å². The molecule has 1 aliphatic rings. The highest BCUT2D eigenvalue weighted by Crippen LogP contribution is 2.37. The maximum absolute atomic E-state index is 13.7. The minimum atomic E-state index is -4.68. The van der Waals surface area contributed by atoms with Gasteiger partial charge in [0.1, 0.15) is 0 Å². The number of halogens is 3. The Bertz CT molecular complexity index is 1060. The van der Waals surface area contributed by atoms with Crippen LogP contribution in [0.2, 0.25) is 0 Å². The van der Waals surface area contributed by atoms with Crippen molar-refractivity contribution < 1.29 is 31.1 Å². The molecule has 0 saturated carbocycles. The van der Waals surface area contributed by atoms with Gasteiger partial charge >= 0.3 is 6.18 Å². The van der Waals surface area contributed by atoms with Crippen molar-refractivity contribution in [3.05, 3.63) is 53.6 Å². The van der Waals surface area contributed by atoms with E-state index in [4.69, 9.17) is 4.74 Å². The van der Waals surface area contributed by atoms with Gasteiger partial charge in [0.15, 0.2) is 0 Å². The molecule has 1 fully saturated rings. The lowest BCUT2D eigenvalue weighted by Gasteiger charge is -2.29. The van der Waals surface area contributed by atoms with Crippen molar-refractivity contribution in [3.63, 3.8) is 0 Å². The van der Waals surface area contributed by atoms with Gasteiger partial charge in [-0.2, -0.15) is 13.2 Å². The Morgan fingerprint density at radius 1 is 1.06 bits per heavy atom. The van der Waals surface area contributed by atoms with Crippen molar-refractivity contribution in [2.45, 2.75) is 31.0 Å². The summed E-state index contributed by atoms with van der Waals surface area (Å²) >= 11 is 0. The van der Waals surface area contributed by atoms with Crippen LogP contribution in [0.1, 0.15) is 29.8 Å². The molecule has 0 aromatic heterocycles. The number of sulfonamides is 1. The lowest BCUT2D eigenvalue weighted by atomic mass is 10.1. The van der Waals surface area contributed by atoms with Crippen LogP contribution in [-0.4, -0.2) is 46.7 Å². The molecule has 1 saturated heterocycles. The molecule has 1 aliphatic heterocycles. The molecule has 2 aromatic carbocycles. The molecule has 2 N–H and O–H groups in total. The summed E-state index contributed by atoms with van der Waals surface area (Å²) in [5, 5.41) is 2.29. The first-order valence-electron chi connectivity index (χ1n) is 9.95. The van der Waals surface area contributed by atoms with Crippen LogP contribution in [0.3, 0.4) is 0 Å². The highest BCUT2D eigenvalue weighted by Gasteiger charge is 2.35. The topological polar surface area (TPSA) is 87.7 Å². The quantitative estimate of drug-likeness (QED) is 0.674. The summed E-state index contributed by atoms with van der Waals surface area (Å²) < 4.78 is 73.0. The van der Waals surface area contributed by atoms with Crippen molar-refractivity contribution in [3.8, 4) is 0 Å². The van der Waals surface area contributed by atoms with Crippen LogP contribution in [-0.2, 0) is 20.9 Å². The molecule has 7 nitrogen and oxygen atoms in total. The van der Waals surface area contributed by atoms with Crippen molar-refractivity contribution in [2.75, 3.05) is 36.5 Å². The van der Waals surface area contributed by atoms with Crippen molar-refractivity contribution in [1.82, 2.24) is 4.72 Å². The monoisotopic (exact) mass is 471 g/mol. The van der Waals surface area contributed by atoms with Gasteiger partial charge in [-0.1, -0.05) is 0 Å². The normalized spacial score (nSPS) is 15.1. The average molecular weight is 472 g/mol. The van der Waals surface area contributed by atoms with Gasteiger partial charge in [-0.25, -0.2) is 13.1 Å². The minimum absolute atomic E-state index is 0.0267. The number of alkyl halides is 3. The molecule has 0 unspecified atom stereocenters.